The Labute approximate surface area is 151 Å². The number of aliphatic imine (C=N–C) groups is 1. The van der Waals surface area contributed by atoms with E-state index in [0.717, 1.165) is 71.3 Å². The number of methoxy groups -OCH3 is 1. The predicted molar refractivity (Wildman–Crippen MR) is 100 cm³/mol. The molecular formula is C15H32IN3O3. The summed E-state index contributed by atoms with van der Waals surface area (Å²) < 4.78 is 16.1. The first-order valence-electron chi connectivity index (χ1n) is 8.03. The van der Waals surface area contributed by atoms with E-state index in [1.54, 1.807) is 7.11 Å². The normalized spacial score (nSPS) is 16.2. The van der Waals surface area contributed by atoms with Crippen molar-refractivity contribution in [3.8, 4) is 0 Å². The molecule has 0 spiro atoms. The van der Waals surface area contributed by atoms with Crippen LogP contribution in [0.15, 0.2) is 4.99 Å². The fourth-order valence-electron chi connectivity index (χ4n) is 2.13. The molecule has 1 saturated heterocycles. The highest BCUT2D eigenvalue weighted by Gasteiger charge is 2.13. The highest BCUT2D eigenvalue weighted by Crippen LogP contribution is 2.14. The second-order valence-corrected chi connectivity index (χ2v) is 5.16. The van der Waals surface area contributed by atoms with Crippen LogP contribution in [0.5, 0.6) is 0 Å². The molecule has 7 heteroatoms. The van der Waals surface area contributed by atoms with Crippen molar-refractivity contribution in [2.45, 2.75) is 26.2 Å². The van der Waals surface area contributed by atoms with E-state index >= 15 is 0 Å². The van der Waals surface area contributed by atoms with Crippen molar-refractivity contribution >= 4 is 29.9 Å². The summed E-state index contributed by atoms with van der Waals surface area (Å²) in [6, 6.07) is 0. The molecule has 0 aromatic carbocycles. The minimum atomic E-state index is 0. The van der Waals surface area contributed by atoms with E-state index in [1.165, 1.54) is 0 Å². The molecule has 22 heavy (non-hydrogen) atoms. The zero-order chi connectivity index (χ0) is 15.2. The Bertz CT molecular complexity index is 275. The van der Waals surface area contributed by atoms with Crippen molar-refractivity contribution in [1.82, 2.24) is 10.6 Å². The summed E-state index contributed by atoms with van der Waals surface area (Å²) in [6.07, 6.45) is 3.21. The van der Waals surface area contributed by atoms with Crippen LogP contribution in [0.1, 0.15) is 26.2 Å². The second-order valence-electron chi connectivity index (χ2n) is 5.16. The molecule has 2 N–H and O–H groups in total. The Kier molecular flexibility index (Phi) is 15.7. The smallest absolute Gasteiger partial charge is 0.191 e. The summed E-state index contributed by atoms with van der Waals surface area (Å²) in [5, 5.41) is 6.44. The molecule has 1 aliphatic heterocycles. The third kappa shape index (κ3) is 11.4. The van der Waals surface area contributed by atoms with E-state index < -0.39 is 0 Å². The molecule has 0 atom stereocenters. The van der Waals surface area contributed by atoms with Crippen molar-refractivity contribution < 1.29 is 14.2 Å². The van der Waals surface area contributed by atoms with Gasteiger partial charge in [-0.15, -0.1) is 24.0 Å². The molecule has 0 radical (unpaired) electrons. The lowest BCUT2D eigenvalue weighted by molar-refractivity contribution is 0.0205. The van der Waals surface area contributed by atoms with Gasteiger partial charge in [-0.05, 0) is 32.1 Å². The fourth-order valence-corrected chi connectivity index (χ4v) is 2.13. The molecule has 0 bridgehead atoms. The maximum atomic E-state index is 5.73. The van der Waals surface area contributed by atoms with Gasteiger partial charge >= 0.3 is 0 Å². The second kappa shape index (κ2) is 15.8. The highest BCUT2D eigenvalue weighted by molar-refractivity contribution is 14.0. The average Bonchev–Trinajstić information content (AvgIpc) is 2.52. The Morgan fingerprint density at radius 1 is 1.23 bits per heavy atom. The number of rotatable bonds is 10. The lowest BCUT2D eigenvalue weighted by Gasteiger charge is -2.21. The summed E-state index contributed by atoms with van der Waals surface area (Å²) in [5.41, 5.74) is 0. The van der Waals surface area contributed by atoms with Crippen molar-refractivity contribution in [3.63, 3.8) is 0 Å². The molecule has 0 aliphatic carbocycles. The number of nitrogens with zero attached hydrogens (tertiary/aromatic N) is 1. The van der Waals surface area contributed by atoms with Gasteiger partial charge in [0, 0.05) is 53.2 Å². The van der Waals surface area contributed by atoms with E-state index in [1.807, 2.05) is 0 Å². The molecule has 1 rings (SSSR count). The van der Waals surface area contributed by atoms with Crippen molar-refractivity contribution in [3.05, 3.63) is 0 Å². The van der Waals surface area contributed by atoms with Crippen LogP contribution in [0.2, 0.25) is 0 Å². The summed E-state index contributed by atoms with van der Waals surface area (Å²) in [4.78, 5) is 4.51. The number of hydrogen-bond donors (Lipinski definition) is 2. The zero-order valence-corrected chi connectivity index (χ0v) is 16.3. The lowest BCUT2D eigenvalue weighted by atomic mass is 10.0. The topological polar surface area (TPSA) is 64.1 Å². The SMILES string of the molecule is CCNC(=NCCCOCC1CCOCC1)NCCOC.I. The first kappa shape index (κ1) is 21.9. The van der Waals surface area contributed by atoms with Gasteiger partial charge in [-0.3, -0.25) is 4.99 Å². The quantitative estimate of drug-likeness (QED) is 0.239. The molecule has 0 amide bonds. The number of halogens is 1. The van der Waals surface area contributed by atoms with Crippen LogP contribution in [0.25, 0.3) is 0 Å². The summed E-state index contributed by atoms with van der Waals surface area (Å²) in [6.45, 7) is 8.55. The summed E-state index contributed by atoms with van der Waals surface area (Å²) in [7, 11) is 1.70. The molecular weight excluding hydrogens is 397 g/mol. The van der Waals surface area contributed by atoms with Crippen LogP contribution < -0.4 is 10.6 Å². The van der Waals surface area contributed by atoms with Gasteiger partial charge in [0.25, 0.3) is 0 Å². The molecule has 132 valence electrons. The molecule has 1 heterocycles. The average molecular weight is 429 g/mol. The van der Waals surface area contributed by atoms with Crippen LogP contribution >= 0.6 is 24.0 Å². The Balaban J connectivity index is 0.00000441. The van der Waals surface area contributed by atoms with Crippen molar-refractivity contribution in [1.29, 1.82) is 0 Å². The molecule has 1 fully saturated rings. The minimum Gasteiger partial charge on any atom is -0.383 e. The van der Waals surface area contributed by atoms with Gasteiger partial charge in [0.2, 0.25) is 0 Å². The van der Waals surface area contributed by atoms with Gasteiger partial charge in [-0.25, -0.2) is 0 Å². The van der Waals surface area contributed by atoms with E-state index in [0.29, 0.717) is 12.5 Å². The molecule has 1 aliphatic rings. The van der Waals surface area contributed by atoms with Crippen LogP contribution in [0, 0.1) is 5.92 Å². The maximum Gasteiger partial charge on any atom is 0.191 e. The van der Waals surface area contributed by atoms with Gasteiger partial charge in [0.05, 0.1) is 6.61 Å². The summed E-state index contributed by atoms with van der Waals surface area (Å²) in [5.74, 6) is 1.52. The van der Waals surface area contributed by atoms with E-state index in [4.69, 9.17) is 14.2 Å². The Morgan fingerprint density at radius 2 is 2.00 bits per heavy atom. The van der Waals surface area contributed by atoms with Crippen molar-refractivity contribution in [2.75, 3.05) is 59.8 Å². The molecule has 6 nitrogen and oxygen atoms in total. The predicted octanol–water partition coefficient (Wildman–Crippen LogP) is 1.64. The molecule has 0 aromatic rings. The van der Waals surface area contributed by atoms with Crippen LogP contribution in [-0.4, -0.2) is 65.7 Å². The largest absolute Gasteiger partial charge is 0.383 e. The van der Waals surface area contributed by atoms with Gasteiger partial charge in [-0.1, -0.05) is 0 Å². The highest BCUT2D eigenvalue weighted by atomic mass is 127. The van der Waals surface area contributed by atoms with E-state index in [-0.39, 0.29) is 24.0 Å². The van der Waals surface area contributed by atoms with Gasteiger partial charge in [0.15, 0.2) is 5.96 Å². The third-order valence-corrected chi connectivity index (χ3v) is 3.35. The zero-order valence-electron chi connectivity index (χ0n) is 13.9. The van der Waals surface area contributed by atoms with Crippen LogP contribution in [0.3, 0.4) is 0 Å². The first-order chi connectivity index (χ1) is 10.4. The van der Waals surface area contributed by atoms with E-state index in [2.05, 4.69) is 22.5 Å². The lowest BCUT2D eigenvalue weighted by Crippen LogP contribution is -2.39. The number of hydrogen-bond acceptors (Lipinski definition) is 4. The van der Waals surface area contributed by atoms with Crippen LogP contribution in [0.4, 0.5) is 0 Å². The molecule has 0 saturated carbocycles. The number of nitrogens with one attached hydrogen (secondary N) is 2. The fraction of sp³-hybridized carbons (Fsp3) is 0.933. The Hall–Kier alpha value is -0.120. The van der Waals surface area contributed by atoms with Gasteiger partial charge in [-0.2, -0.15) is 0 Å². The number of guanidine groups is 1. The third-order valence-electron chi connectivity index (χ3n) is 3.35. The number of ether oxygens (including phenoxy) is 3. The minimum absolute atomic E-state index is 0. The maximum absolute atomic E-state index is 5.73. The van der Waals surface area contributed by atoms with Crippen molar-refractivity contribution in [2.24, 2.45) is 10.9 Å². The van der Waals surface area contributed by atoms with E-state index in [9.17, 15) is 0 Å². The standard InChI is InChI=1S/C15H31N3O3.HI/c1-3-16-15(18-8-12-19-2)17-7-4-9-21-13-14-5-10-20-11-6-14;/h14H,3-13H2,1-2H3,(H2,16,17,18);1H. The van der Waals surface area contributed by atoms with Crippen LogP contribution in [-0.2, 0) is 14.2 Å². The van der Waals surface area contributed by atoms with Gasteiger partial charge in [0.1, 0.15) is 0 Å². The first-order valence-corrected chi connectivity index (χ1v) is 8.03. The Morgan fingerprint density at radius 3 is 2.68 bits per heavy atom. The van der Waals surface area contributed by atoms with Gasteiger partial charge < -0.3 is 24.8 Å². The molecule has 0 aromatic heterocycles. The molecule has 0 unspecified atom stereocenters. The monoisotopic (exact) mass is 429 g/mol. The summed E-state index contributed by atoms with van der Waals surface area (Å²) >= 11 is 0.